The number of aromatic nitrogens is 1. The molecule has 0 radical (unpaired) electrons. The first-order chi connectivity index (χ1) is 12.2. The molecule has 1 atom stereocenters. The van der Waals surface area contributed by atoms with E-state index in [1.807, 2.05) is 11.6 Å². The molecule has 1 aliphatic heterocycles. The zero-order chi connectivity index (χ0) is 17.6. The van der Waals surface area contributed by atoms with Crippen molar-refractivity contribution in [3.63, 3.8) is 0 Å². The van der Waals surface area contributed by atoms with Crippen LogP contribution in [0.25, 0.3) is 0 Å². The van der Waals surface area contributed by atoms with Crippen LogP contribution in [0.2, 0.25) is 0 Å². The number of urea groups is 1. The van der Waals surface area contributed by atoms with Gasteiger partial charge in [-0.2, -0.15) is 0 Å². The Morgan fingerprint density at radius 3 is 3.00 bits per heavy atom. The highest BCUT2D eigenvalue weighted by Crippen LogP contribution is 2.34. The normalized spacial score (nSPS) is 16.6. The van der Waals surface area contributed by atoms with E-state index in [9.17, 15) is 4.79 Å². The highest BCUT2D eigenvalue weighted by Gasteiger charge is 2.26. The maximum atomic E-state index is 12.3. The Labute approximate surface area is 151 Å². The number of para-hydroxylation sites is 1. The highest BCUT2D eigenvalue weighted by atomic mass is 32.1. The SMILES string of the molecule is COc1cccc(NC(=O)NCC2CCCN2c2nccs2)c1OC. The van der Waals surface area contributed by atoms with Crippen molar-refractivity contribution < 1.29 is 14.3 Å². The van der Waals surface area contributed by atoms with Gasteiger partial charge < -0.3 is 25.0 Å². The minimum Gasteiger partial charge on any atom is -0.493 e. The number of nitrogens with zero attached hydrogens (tertiary/aromatic N) is 2. The lowest BCUT2D eigenvalue weighted by atomic mass is 10.2. The second-order valence-corrected chi connectivity index (χ2v) is 6.55. The molecule has 25 heavy (non-hydrogen) atoms. The molecule has 8 heteroatoms. The van der Waals surface area contributed by atoms with Gasteiger partial charge in [-0.3, -0.25) is 0 Å². The molecule has 1 fully saturated rings. The van der Waals surface area contributed by atoms with E-state index in [1.54, 1.807) is 43.8 Å². The molecule has 2 aromatic rings. The van der Waals surface area contributed by atoms with Crippen LogP contribution in [0, 0.1) is 0 Å². The third kappa shape index (κ3) is 3.96. The summed E-state index contributed by atoms with van der Waals surface area (Å²) in [5.41, 5.74) is 0.572. The molecule has 0 saturated carbocycles. The Morgan fingerprint density at radius 1 is 1.40 bits per heavy atom. The average Bonchev–Trinajstić information content (AvgIpc) is 3.30. The zero-order valence-electron chi connectivity index (χ0n) is 14.3. The van der Waals surface area contributed by atoms with Gasteiger partial charge in [0, 0.05) is 30.7 Å². The van der Waals surface area contributed by atoms with Gasteiger partial charge in [-0.1, -0.05) is 6.07 Å². The molecule has 2 N–H and O–H groups in total. The van der Waals surface area contributed by atoms with Crippen LogP contribution in [0.5, 0.6) is 11.5 Å². The van der Waals surface area contributed by atoms with E-state index in [-0.39, 0.29) is 12.1 Å². The van der Waals surface area contributed by atoms with E-state index in [1.165, 1.54) is 0 Å². The fraction of sp³-hybridized carbons (Fsp3) is 0.412. The van der Waals surface area contributed by atoms with E-state index >= 15 is 0 Å². The van der Waals surface area contributed by atoms with Crippen LogP contribution in [-0.4, -0.2) is 44.4 Å². The topological polar surface area (TPSA) is 75.7 Å². The molecule has 0 aliphatic carbocycles. The number of hydrogen-bond acceptors (Lipinski definition) is 6. The lowest BCUT2D eigenvalue weighted by Crippen LogP contribution is -2.41. The Bertz CT molecular complexity index is 708. The standard InChI is InChI=1S/C17H22N4O3S/c1-23-14-7-3-6-13(15(14)24-2)20-16(22)19-11-12-5-4-9-21(12)17-18-8-10-25-17/h3,6-8,10,12H,4-5,9,11H2,1-2H3,(H2,19,20,22). The molecule has 1 unspecified atom stereocenters. The van der Waals surface area contributed by atoms with Gasteiger partial charge in [0.05, 0.1) is 19.9 Å². The third-order valence-corrected chi connectivity index (χ3v) is 5.00. The quantitative estimate of drug-likeness (QED) is 0.826. The summed E-state index contributed by atoms with van der Waals surface area (Å²) in [4.78, 5) is 18.9. The number of hydrogen-bond donors (Lipinski definition) is 2. The number of carbonyl (C=O) groups is 1. The average molecular weight is 362 g/mol. The number of amides is 2. The minimum absolute atomic E-state index is 0.266. The van der Waals surface area contributed by atoms with Crippen molar-refractivity contribution in [3.8, 4) is 11.5 Å². The van der Waals surface area contributed by atoms with E-state index < -0.39 is 0 Å². The number of methoxy groups -OCH3 is 2. The Hall–Kier alpha value is -2.48. The van der Waals surface area contributed by atoms with Crippen LogP contribution >= 0.6 is 11.3 Å². The summed E-state index contributed by atoms with van der Waals surface area (Å²) < 4.78 is 10.6. The van der Waals surface area contributed by atoms with Crippen molar-refractivity contribution >= 4 is 28.2 Å². The highest BCUT2D eigenvalue weighted by molar-refractivity contribution is 7.13. The molecule has 1 aromatic heterocycles. The van der Waals surface area contributed by atoms with Crippen LogP contribution in [0.15, 0.2) is 29.8 Å². The molecule has 3 rings (SSSR count). The second kappa shape index (κ2) is 8.06. The number of rotatable bonds is 6. The Balaban J connectivity index is 1.58. The van der Waals surface area contributed by atoms with Crippen LogP contribution in [-0.2, 0) is 0 Å². The first-order valence-electron chi connectivity index (χ1n) is 8.15. The summed E-state index contributed by atoms with van der Waals surface area (Å²) in [6.07, 6.45) is 3.96. The van der Waals surface area contributed by atoms with Gasteiger partial charge in [-0.25, -0.2) is 9.78 Å². The van der Waals surface area contributed by atoms with Crippen molar-refractivity contribution in [3.05, 3.63) is 29.8 Å². The van der Waals surface area contributed by atoms with Crippen molar-refractivity contribution in [1.29, 1.82) is 0 Å². The van der Waals surface area contributed by atoms with Gasteiger partial charge in [-0.15, -0.1) is 11.3 Å². The summed E-state index contributed by atoms with van der Waals surface area (Å²) in [6, 6.07) is 5.37. The smallest absolute Gasteiger partial charge is 0.319 e. The maximum absolute atomic E-state index is 12.3. The summed E-state index contributed by atoms with van der Waals surface area (Å²) in [6.45, 7) is 1.54. The first kappa shape index (κ1) is 17.3. The molecule has 2 amide bonds. The van der Waals surface area contributed by atoms with Gasteiger partial charge in [0.2, 0.25) is 0 Å². The van der Waals surface area contributed by atoms with Crippen LogP contribution in [0.1, 0.15) is 12.8 Å². The first-order valence-corrected chi connectivity index (χ1v) is 9.03. The lowest BCUT2D eigenvalue weighted by Gasteiger charge is -2.24. The molecule has 2 heterocycles. The molecule has 0 bridgehead atoms. The number of ether oxygens (including phenoxy) is 2. The molecule has 134 valence electrons. The van der Waals surface area contributed by atoms with Crippen LogP contribution in [0.3, 0.4) is 0 Å². The van der Waals surface area contributed by atoms with Gasteiger partial charge in [-0.05, 0) is 25.0 Å². The molecular weight excluding hydrogens is 340 g/mol. The predicted molar refractivity (Wildman–Crippen MR) is 99.0 cm³/mol. The second-order valence-electron chi connectivity index (χ2n) is 5.68. The number of carbonyl (C=O) groups excluding carboxylic acids is 1. The van der Waals surface area contributed by atoms with Crippen molar-refractivity contribution in [2.45, 2.75) is 18.9 Å². The maximum Gasteiger partial charge on any atom is 0.319 e. The largest absolute Gasteiger partial charge is 0.493 e. The van der Waals surface area contributed by atoms with Crippen molar-refractivity contribution in [2.75, 3.05) is 37.5 Å². The molecule has 0 spiro atoms. The summed E-state index contributed by atoms with van der Waals surface area (Å²) >= 11 is 1.63. The molecule has 1 saturated heterocycles. The fourth-order valence-electron chi connectivity index (χ4n) is 3.02. The van der Waals surface area contributed by atoms with Crippen LogP contribution in [0.4, 0.5) is 15.6 Å². The third-order valence-electron chi connectivity index (χ3n) is 4.19. The lowest BCUT2D eigenvalue weighted by molar-refractivity contribution is 0.251. The van der Waals surface area contributed by atoms with Gasteiger partial charge >= 0.3 is 6.03 Å². The molecule has 7 nitrogen and oxygen atoms in total. The van der Waals surface area contributed by atoms with Crippen molar-refractivity contribution in [2.24, 2.45) is 0 Å². The number of thiazole rings is 1. The van der Waals surface area contributed by atoms with Gasteiger partial charge in [0.15, 0.2) is 16.6 Å². The Kier molecular flexibility index (Phi) is 5.60. The number of nitrogens with one attached hydrogen (secondary N) is 2. The van der Waals surface area contributed by atoms with Crippen molar-refractivity contribution in [1.82, 2.24) is 10.3 Å². The summed E-state index contributed by atoms with van der Waals surface area (Å²) in [7, 11) is 3.11. The van der Waals surface area contributed by atoms with Crippen LogP contribution < -0.4 is 25.0 Å². The van der Waals surface area contributed by atoms with E-state index in [0.29, 0.717) is 23.7 Å². The van der Waals surface area contributed by atoms with E-state index in [4.69, 9.17) is 9.47 Å². The summed E-state index contributed by atoms with van der Waals surface area (Å²) in [5.74, 6) is 1.08. The molecular formula is C17H22N4O3S. The molecule has 1 aliphatic rings. The summed E-state index contributed by atoms with van der Waals surface area (Å²) in [5, 5.41) is 8.75. The fourth-order valence-corrected chi connectivity index (χ4v) is 3.76. The predicted octanol–water partition coefficient (Wildman–Crippen LogP) is 2.95. The van der Waals surface area contributed by atoms with E-state index in [0.717, 1.165) is 24.5 Å². The minimum atomic E-state index is -0.266. The van der Waals surface area contributed by atoms with Gasteiger partial charge in [0.25, 0.3) is 0 Å². The number of benzene rings is 1. The van der Waals surface area contributed by atoms with Gasteiger partial charge in [0.1, 0.15) is 0 Å². The van der Waals surface area contributed by atoms with E-state index in [2.05, 4.69) is 20.5 Å². The number of anilines is 2. The molecule has 1 aromatic carbocycles. The zero-order valence-corrected chi connectivity index (χ0v) is 15.1. The monoisotopic (exact) mass is 362 g/mol. The Morgan fingerprint density at radius 2 is 2.28 bits per heavy atom.